The number of benzene rings is 4. The van der Waals surface area contributed by atoms with Crippen molar-refractivity contribution in [2.24, 2.45) is 0 Å². The monoisotopic (exact) mass is 615 g/mol. The third-order valence-electron chi connectivity index (χ3n) is 8.48. The van der Waals surface area contributed by atoms with Crippen molar-refractivity contribution in [1.29, 1.82) is 0 Å². The molecule has 0 aliphatic carbocycles. The van der Waals surface area contributed by atoms with Gasteiger partial charge in [0, 0.05) is 50.5 Å². The van der Waals surface area contributed by atoms with Crippen LogP contribution in [0.25, 0.3) is 16.9 Å². The van der Waals surface area contributed by atoms with Gasteiger partial charge in [0.2, 0.25) is 0 Å². The van der Waals surface area contributed by atoms with E-state index in [4.69, 9.17) is 9.47 Å². The second-order valence-electron chi connectivity index (χ2n) is 11.5. The largest absolute Gasteiger partial charge is 0.457 e. The first kappa shape index (κ1) is 29.6. The van der Waals surface area contributed by atoms with Crippen LogP contribution < -0.4 is 20.6 Å². The number of amides is 1. The number of rotatable bonds is 8. The Labute approximate surface area is 268 Å². The summed E-state index contributed by atoms with van der Waals surface area (Å²) in [6, 6.07) is 35.0. The minimum absolute atomic E-state index is 0.155. The number of hydrogen-bond donors (Lipinski definition) is 1. The van der Waals surface area contributed by atoms with Gasteiger partial charge in [-0.05, 0) is 48.0 Å². The van der Waals surface area contributed by atoms with Gasteiger partial charge in [0.15, 0.2) is 0 Å². The van der Waals surface area contributed by atoms with Gasteiger partial charge in [-0.1, -0.05) is 66.7 Å². The molecular formula is C37H37N5O4. The van der Waals surface area contributed by atoms with E-state index in [-0.39, 0.29) is 18.1 Å². The summed E-state index contributed by atoms with van der Waals surface area (Å²) >= 11 is 0. The zero-order chi connectivity index (χ0) is 31.3. The van der Waals surface area contributed by atoms with E-state index in [0.717, 1.165) is 35.7 Å². The zero-order valence-corrected chi connectivity index (χ0v) is 25.7. The number of nitrogens with one attached hydrogen (secondary N) is 1. The minimum atomic E-state index is -0.272. The summed E-state index contributed by atoms with van der Waals surface area (Å²) < 4.78 is 15.0. The zero-order valence-electron chi connectivity index (χ0n) is 25.7. The number of para-hydroxylation sites is 1. The molecule has 2 fully saturated rings. The van der Waals surface area contributed by atoms with E-state index in [1.165, 1.54) is 0 Å². The molecule has 0 bridgehead atoms. The molecule has 46 heavy (non-hydrogen) atoms. The maximum atomic E-state index is 14.7. The topological polar surface area (TPSA) is 81.0 Å². The Hall–Kier alpha value is -5.12. The number of anilines is 1. The molecule has 1 amide bonds. The lowest BCUT2D eigenvalue weighted by Gasteiger charge is -2.29. The molecule has 9 heteroatoms. The Morgan fingerprint density at radius 3 is 2.17 bits per heavy atom. The van der Waals surface area contributed by atoms with Gasteiger partial charge in [0.1, 0.15) is 17.2 Å². The van der Waals surface area contributed by atoms with Gasteiger partial charge in [0.25, 0.3) is 5.91 Å². The molecule has 0 radical (unpaired) electrons. The van der Waals surface area contributed by atoms with E-state index in [9.17, 15) is 9.59 Å². The molecule has 0 spiro atoms. The van der Waals surface area contributed by atoms with E-state index < -0.39 is 0 Å². The van der Waals surface area contributed by atoms with E-state index in [2.05, 4.69) is 16.3 Å². The van der Waals surface area contributed by atoms with Gasteiger partial charge in [-0.15, -0.1) is 0 Å². The number of morpholine rings is 1. The number of imidazole rings is 1. The Morgan fingerprint density at radius 1 is 0.739 bits per heavy atom. The lowest BCUT2D eigenvalue weighted by atomic mass is 10.1. The molecule has 4 aromatic carbocycles. The molecule has 0 saturated carbocycles. The Kier molecular flexibility index (Phi) is 8.67. The summed E-state index contributed by atoms with van der Waals surface area (Å²) in [4.78, 5) is 33.3. The summed E-state index contributed by atoms with van der Waals surface area (Å²) in [6.07, 6.45) is 0. The molecule has 7 rings (SSSR count). The lowest BCUT2D eigenvalue weighted by molar-refractivity contribution is 0.0725. The van der Waals surface area contributed by atoms with Crippen LogP contribution in [0.15, 0.2) is 114 Å². The molecular weight excluding hydrogens is 578 g/mol. The number of piperazine rings is 1. The summed E-state index contributed by atoms with van der Waals surface area (Å²) in [7, 11) is 0. The smallest absolute Gasteiger partial charge is 0.334 e. The molecule has 2 aliphatic heterocycles. The van der Waals surface area contributed by atoms with Gasteiger partial charge in [-0.3, -0.25) is 13.9 Å². The summed E-state index contributed by atoms with van der Waals surface area (Å²) in [6.45, 7) is 5.62. The summed E-state index contributed by atoms with van der Waals surface area (Å²) in [5.41, 5.74) is 4.07. The van der Waals surface area contributed by atoms with Crippen molar-refractivity contribution in [2.45, 2.75) is 6.54 Å². The molecule has 2 aliphatic rings. The van der Waals surface area contributed by atoms with Crippen LogP contribution >= 0.6 is 0 Å². The number of carbonyl (C=O) groups excluding carboxylic acids is 1. The maximum absolute atomic E-state index is 14.7. The molecule has 0 atom stereocenters. The van der Waals surface area contributed by atoms with Crippen molar-refractivity contribution in [3.8, 4) is 28.4 Å². The average molecular weight is 616 g/mol. The number of carbonyl (C=O) groups is 1. The van der Waals surface area contributed by atoms with Crippen LogP contribution in [0.3, 0.4) is 0 Å². The van der Waals surface area contributed by atoms with Crippen LogP contribution in [0.1, 0.15) is 16.1 Å². The van der Waals surface area contributed by atoms with E-state index in [1.54, 1.807) is 9.13 Å². The molecule has 9 nitrogen and oxygen atoms in total. The normalized spacial score (nSPS) is 15.1. The van der Waals surface area contributed by atoms with E-state index in [1.807, 2.05) is 108 Å². The van der Waals surface area contributed by atoms with Crippen LogP contribution in [0.4, 0.5) is 5.69 Å². The minimum Gasteiger partial charge on any atom is -0.457 e. The molecule has 5 aromatic rings. The van der Waals surface area contributed by atoms with Gasteiger partial charge in [-0.2, -0.15) is 0 Å². The Balaban J connectivity index is 1.38. The van der Waals surface area contributed by atoms with E-state index >= 15 is 0 Å². The lowest BCUT2D eigenvalue weighted by Crippen LogP contribution is -2.47. The highest BCUT2D eigenvalue weighted by atomic mass is 16.5. The van der Waals surface area contributed by atoms with Crippen molar-refractivity contribution in [1.82, 2.24) is 19.4 Å². The summed E-state index contributed by atoms with van der Waals surface area (Å²) in [5, 5.41) is 3.33. The molecule has 234 valence electrons. The quantitative estimate of drug-likeness (QED) is 0.264. The highest BCUT2D eigenvalue weighted by molar-refractivity contribution is 5.99. The SMILES string of the molecule is O=C(c1c(-c2ccccc2)n(-c2cccc(N3CCOCC3)c2)c(=O)n1Cc1cccc(Oc2ccccc2)c1)N1CCNCC1. The molecule has 1 aromatic heterocycles. The fraction of sp³-hybridized carbons (Fsp3) is 0.243. The first-order chi connectivity index (χ1) is 22.7. The van der Waals surface area contributed by atoms with Crippen LogP contribution in [0.2, 0.25) is 0 Å². The standard InChI is InChI=1S/C37H37N5O4/c43-36(40-19-17-38-18-20-40)35-34(29-10-3-1-4-11-29)42(31-13-8-12-30(26-31)39-21-23-45-24-22-39)37(44)41(35)27-28-9-7-16-33(25-28)46-32-14-5-2-6-15-32/h1-16,25-26,38H,17-24,27H2. The van der Waals surface area contributed by atoms with Crippen molar-refractivity contribution < 1.29 is 14.3 Å². The number of ether oxygens (including phenoxy) is 2. The molecule has 0 unspecified atom stereocenters. The number of nitrogens with zero attached hydrogens (tertiary/aromatic N) is 4. The third-order valence-corrected chi connectivity index (χ3v) is 8.48. The second kappa shape index (κ2) is 13.5. The predicted molar refractivity (Wildman–Crippen MR) is 179 cm³/mol. The Morgan fingerprint density at radius 2 is 1.41 bits per heavy atom. The molecule has 2 saturated heterocycles. The molecule has 1 N–H and O–H groups in total. The van der Waals surface area contributed by atoms with Crippen LogP contribution in [0.5, 0.6) is 11.5 Å². The van der Waals surface area contributed by atoms with Gasteiger partial charge < -0.3 is 24.6 Å². The first-order valence-electron chi connectivity index (χ1n) is 15.8. The fourth-order valence-corrected chi connectivity index (χ4v) is 6.19. The van der Waals surface area contributed by atoms with Crippen LogP contribution in [0, 0.1) is 0 Å². The first-order valence-corrected chi connectivity index (χ1v) is 15.8. The Bertz CT molecular complexity index is 1860. The average Bonchev–Trinajstić information content (AvgIpc) is 3.41. The van der Waals surface area contributed by atoms with Crippen molar-refractivity contribution in [3.05, 3.63) is 131 Å². The van der Waals surface area contributed by atoms with Crippen molar-refractivity contribution >= 4 is 11.6 Å². The number of hydrogen-bond acceptors (Lipinski definition) is 6. The highest BCUT2D eigenvalue weighted by Gasteiger charge is 2.31. The molecule has 3 heterocycles. The number of aromatic nitrogens is 2. The van der Waals surface area contributed by atoms with E-state index in [0.29, 0.717) is 62.2 Å². The predicted octanol–water partition coefficient (Wildman–Crippen LogP) is 5.03. The van der Waals surface area contributed by atoms with Crippen LogP contribution in [-0.2, 0) is 11.3 Å². The van der Waals surface area contributed by atoms with Crippen molar-refractivity contribution in [3.63, 3.8) is 0 Å². The van der Waals surface area contributed by atoms with Gasteiger partial charge >= 0.3 is 5.69 Å². The fourth-order valence-electron chi connectivity index (χ4n) is 6.19. The third kappa shape index (κ3) is 6.20. The van der Waals surface area contributed by atoms with Gasteiger partial charge in [-0.25, -0.2) is 4.79 Å². The van der Waals surface area contributed by atoms with Crippen LogP contribution in [-0.4, -0.2) is 72.4 Å². The van der Waals surface area contributed by atoms with Gasteiger partial charge in [0.05, 0.1) is 31.1 Å². The maximum Gasteiger partial charge on any atom is 0.334 e. The highest BCUT2D eigenvalue weighted by Crippen LogP contribution is 2.30. The second-order valence-corrected chi connectivity index (χ2v) is 11.5. The summed E-state index contributed by atoms with van der Waals surface area (Å²) in [5.74, 6) is 1.23. The van der Waals surface area contributed by atoms with Crippen molar-refractivity contribution in [2.75, 3.05) is 57.4 Å².